The Hall–Kier alpha value is -2.49. The van der Waals surface area contributed by atoms with Crippen LogP contribution in [-0.2, 0) is 14.3 Å². The van der Waals surface area contributed by atoms with E-state index in [0.29, 0.717) is 19.5 Å². The van der Waals surface area contributed by atoms with Crippen LogP contribution < -0.4 is 5.32 Å². The molecule has 9 heteroatoms. The van der Waals surface area contributed by atoms with E-state index < -0.39 is 23.4 Å². The van der Waals surface area contributed by atoms with E-state index >= 15 is 0 Å². The molecule has 0 spiro atoms. The third-order valence-corrected chi connectivity index (χ3v) is 5.17. The lowest BCUT2D eigenvalue weighted by Gasteiger charge is -2.27. The molecular formula is C19H26N2O7. The highest BCUT2D eigenvalue weighted by molar-refractivity contribution is 6.04. The van der Waals surface area contributed by atoms with E-state index in [1.54, 1.807) is 6.92 Å². The number of aliphatic hydroxyl groups excluding tert-OH is 2. The van der Waals surface area contributed by atoms with Crippen molar-refractivity contribution >= 4 is 23.5 Å². The smallest absolute Gasteiger partial charge is 0.339 e. The molecule has 0 bridgehead atoms. The molecule has 1 fully saturated rings. The summed E-state index contributed by atoms with van der Waals surface area (Å²) in [6.07, 6.45) is 0.572. The molecule has 0 aliphatic carbocycles. The normalized spacial score (nSPS) is 17.0. The minimum absolute atomic E-state index is 0.109. The van der Waals surface area contributed by atoms with Crippen molar-refractivity contribution in [3.63, 3.8) is 0 Å². The first kappa shape index (κ1) is 21.8. The third kappa shape index (κ3) is 4.49. The van der Waals surface area contributed by atoms with Crippen molar-refractivity contribution in [2.24, 2.45) is 5.41 Å². The molecule has 1 amide bonds. The number of likely N-dealkylation sites (tertiary alicyclic amines) is 1. The molecule has 0 saturated carbocycles. The molecule has 154 valence electrons. The number of methoxy groups -OCH3 is 2. The highest BCUT2D eigenvalue weighted by Crippen LogP contribution is 2.31. The van der Waals surface area contributed by atoms with E-state index in [-0.39, 0.29) is 35.9 Å². The van der Waals surface area contributed by atoms with Gasteiger partial charge in [0.05, 0.1) is 50.3 Å². The Labute approximate surface area is 163 Å². The van der Waals surface area contributed by atoms with Crippen LogP contribution in [0.3, 0.4) is 0 Å². The fraction of sp³-hybridized carbons (Fsp3) is 0.526. The lowest BCUT2D eigenvalue weighted by molar-refractivity contribution is -0.120. The number of amides is 1. The molecular weight excluding hydrogens is 368 g/mol. The maximum absolute atomic E-state index is 12.8. The standard InChI is InChI=1S/C19H26N2O7/c1-12(21-7-6-19(9-21,10-22)11-23)16(24)20-15-8-13(17(25)27-2)4-5-14(15)18(26)28-3/h4-5,8,12,22-23H,6-7,9-11H2,1-3H3,(H,20,24). The van der Waals surface area contributed by atoms with Gasteiger partial charge in [-0.2, -0.15) is 0 Å². The second-order valence-electron chi connectivity index (χ2n) is 6.95. The number of esters is 2. The maximum Gasteiger partial charge on any atom is 0.339 e. The van der Waals surface area contributed by atoms with Gasteiger partial charge in [0, 0.05) is 12.0 Å². The summed E-state index contributed by atoms with van der Waals surface area (Å²) in [7, 11) is 2.46. The molecule has 0 aromatic heterocycles. The van der Waals surface area contributed by atoms with Crippen LogP contribution in [0.5, 0.6) is 0 Å². The predicted octanol–water partition coefficient (Wildman–Crippen LogP) is 0.264. The van der Waals surface area contributed by atoms with Gasteiger partial charge >= 0.3 is 11.9 Å². The van der Waals surface area contributed by atoms with E-state index in [0.717, 1.165) is 0 Å². The SMILES string of the molecule is COC(=O)c1ccc(C(=O)OC)c(NC(=O)C(C)N2CCC(CO)(CO)C2)c1. The molecule has 1 atom stereocenters. The van der Waals surface area contributed by atoms with Crippen LogP contribution in [0.25, 0.3) is 0 Å². The van der Waals surface area contributed by atoms with Crippen molar-refractivity contribution in [2.75, 3.05) is 45.8 Å². The summed E-state index contributed by atoms with van der Waals surface area (Å²) in [5, 5.41) is 21.7. The first-order valence-electron chi connectivity index (χ1n) is 8.88. The number of nitrogens with zero attached hydrogens (tertiary/aromatic N) is 1. The van der Waals surface area contributed by atoms with E-state index in [1.165, 1.54) is 32.4 Å². The van der Waals surface area contributed by atoms with E-state index in [4.69, 9.17) is 4.74 Å². The van der Waals surface area contributed by atoms with Gasteiger partial charge in [-0.1, -0.05) is 0 Å². The Morgan fingerprint density at radius 3 is 2.36 bits per heavy atom. The van der Waals surface area contributed by atoms with Crippen LogP contribution in [0, 0.1) is 5.41 Å². The minimum Gasteiger partial charge on any atom is -0.465 e. The number of hydrogen-bond donors (Lipinski definition) is 3. The summed E-state index contributed by atoms with van der Waals surface area (Å²) in [6.45, 7) is 2.29. The highest BCUT2D eigenvalue weighted by atomic mass is 16.5. The molecule has 1 unspecified atom stereocenters. The molecule has 1 aliphatic rings. The molecule has 1 heterocycles. The van der Waals surface area contributed by atoms with Crippen LogP contribution in [0.15, 0.2) is 18.2 Å². The number of hydrogen-bond acceptors (Lipinski definition) is 8. The van der Waals surface area contributed by atoms with Crippen LogP contribution >= 0.6 is 0 Å². The van der Waals surface area contributed by atoms with Crippen LogP contribution in [0.2, 0.25) is 0 Å². The Morgan fingerprint density at radius 2 is 1.82 bits per heavy atom. The van der Waals surface area contributed by atoms with Gasteiger partial charge in [0.15, 0.2) is 0 Å². The summed E-state index contributed by atoms with van der Waals surface area (Å²) in [6, 6.07) is 3.58. The number of aliphatic hydroxyl groups is 2. The number of rotatable bonds is 7. The van der Waals surface area contributed by atoms with Gasteiger partial charge in [-0.25, -0.2) is 9.59 Å². The Bertz CT molecular complexity index is 746. The fourth-order valence-electron chi connectivity index (χ4n) is 3.19. The zero-order valence-corrected chi connectivity index (χ0v) is 16.2. The molecule has 1 saturated heterocycles. The molecule has 1 aromatic rings. The average Bonchev–Trinajstić information content (AvgIpc) is 3.17. The highest BCUT2D eigenvalue weighted by Gasteiger charge is 2.40. The summed E-state index contributed by atoms with van der Waals surface area (Å²) < 4.78 is 9.41. The van der Waals surface area contributed by atoms with Crippen molar-refractivity contribution in [2.45, 2.75) is 19.4 Å². The van der Waals surface area contributed by atoms with Gasteiger partial charge in [0.2, 0.25) is 5.91 Å². The minimum atomic E-state index is -0.653. The Morgan fingerprint density at radius 1 is 1.18 bits per heavy atom. The average molecular weight is 394 g/mol. The maximum atomic E-state index is 12.8. The monoisotopic (exact) mass is 394 g/mol. The van der Waals surface area contributed by atoms with Gasteiger partial charge in [0.25, 0.3) is 0 Å². The van der Waals surface area contributed by atoms with Crippen LogP contribution in [0.4, 0.5) is 5.69 Å². The van der Waals surface area contributed by atoms with Crippen LogP contribution in [0.1, 0.15) is 34.1 Å². The van der Waals surface area contributed by atoms with Crippen molar-refractivity contribution in [3.8, 4) is 0 Å². The van der Waals surface area contributed by atoms with Crippen molar-refractivity contribution < 1.29 is 34.1 Å². The van der Waals surface area contributed by atoms with Gasteiger partial charge in [0.1, 0.15) is 0 Å². The largest absolute Gasteiger partial charge is 0.465 e. The topological polar surface area (TPSA) is 125 Å². The van der Waals surface area contributed by atoms with Crippen molar-refractivity contribution in [3.05, 3.63) is 29.3 Å². The second-order valence-corrected chi connectivity index (χ2v) is 6.95. The number of ether oxygens (including phenoxy) is 2. The number of benzene rings is 1. The Kier molecular flexibility index (Phi) is 7.11. The number of anilines is 1. The third-order valence-electron chi connectivity index (χ3n) is 5.17. The first-order valence-corrected chi connectivity index (χ1v) is 8.88. The number of nitrogens with one attached hydrogen (secondary N) is 1. The number of carbonyl (C=O) groups is 3. The summed E-state index contributed by atoms with van der Waals surface area (Å²) in [5.74, 6) is -1.64. The molecule has 9 nitrogen and oxygen atoms in total. The second kappa shape index (κ2) is 9.13. The van der Waals surface area contributed by atoms with Crippen molar-refractivity contribution in [1.29, 1.82) is 0 Å². The quantitative estimate of drug-likeness (QED) is 0.563. The van der Waals surface area contributed by atoms with Gasteiger partial charge in [-0.15, -0.1) is 0 Å². The predicted molar refractivity (Wildman–Crippen MR) is 100 cm³/mol. The molecule has 0 radical (unpaired) electrons. The van der Waals surface area contributed by atoms with Gasteiger partial charge < -0.3 is 25.0 Å². The molecule has 3 N–H and O–H groups in total. The summed E-state index contributed by atoms with van der Waals surface area (Å²) in [5.41, 5.74) is -0.200. The first-order chi connectivity index (χ1) is 13.3. The summed E-state index contributed by atoms with van der Waals surface area (Å²) >= 11 is 0. The van der Waals surface area contributed by atoms with Crippen molar-refractivity contribution in [1.82, 2.24) is 4.90 Å². The zero-order chi connectivity index (χ0) is 20.9. The van der Waals surface area contributed by atoms with Crippen LogP contribution in [-0.4, -0.2) is 79.5 Å². The van der Waals surface area contributed by atoms with Gasteiger partial charge in [-0.05, 0) is 38.1 Å². The number of carbonyl (C=O) groups excluding carboxylic acids is 3. The molecule has 28 heavy (non-hydrogen) atoms. The van der Waals surface area contributed by atoms with E-state index in [2.05, 4.69) is 10.1 Å². The fourth-order valence-corrected chi connectivity index (χ4v) is 3.19. The lowest BCUT2D eigenvalue weighted by atomic mass is 9.89. The summed E-state index contributed by atoms with van der Waals surface area (Å²) in [4.78, 5) is 38.4. The molecule has 1 aliphatic heterocycles. The van der Waals surface area contributed by atoms with E-state index in [1.807, 2.05) is 4.90 Å². The molecule has 2 rings (SSSR count). The Balaban J connectivity index is 2.22. The molecule has 1 aromatic carbocycles. The van der Waals surface area contributed by atoms with E-state index in [9.17, 15) is 24.6 Å². The van der Waals surface area contributed by atoms with Gasteiger partial charge in [-0.3, -0.25) is 9.69 Å². The lowest BCUT2D eigenvalue weighted by Crippen LogP contribution is -2.43. The zero-order valence-electron chi connectivity index (χ0n) is 16.2.